The molecule has 0 saturated carbocycles. The van der Waals surface area contributed by atoms with Crippen LogP contribution in [-0.4, -0.2) is 50.2 Å². The molecule has 0 radical (unpaired) electrons. The van der Waals surface area contributed by atoms with E-state index < -0.39 is 4.48 Å². The molecule has 1 atom stereocenters. The van der Waals surface area contributed by atoms with Crippen molar-refractivity contribution in [2.24, 2.45) is 0 Å². The van der Waals surface area contributed by atoms with Gasteiger partial charge in [-0.25, -0.2) is 4.79 Å². The van der Waals surface area contributed by atoms with Crippen LogP contribution in [0.1, 0.15) is 25.0 Å². The Morgan fingerprint density at radius 3 is 1.53 bits per heavy atom. The van der Waals surface area contributed by atoms with Crippen LogP contribution >= 0.6 is 34.8 Å². The van der Waals surface area contributed by atoms with Gasteiger partial charge >= 0.3 is 5.91 Å². The molecule has 0 fully saturated rings. The Bertz CT molecular complexity index is 2390. The lowest BCUT2D eigenvalue weighted by molar-refractivity contribution is -0.126. The highest BCUT2D eigenvalue weighted by Crippen LogP contribution is 2.49. The Balaban J connectivity index is 0.000000372. The maximum atomic E-state index is 14.3. The van der Waals surface area contributed by atoms with Crippen LogP contribution in [0.3, 0.4) is 0 Å². The minimum absolute atomic E-state index is 0.0183. The Morgan fingerprint density at radius 1 is 0.576 bits per heavy atom. The molecule has 0 aliphatic rings. The molecule has 59 heavy (non-hydrogen) atoms. The fourth-order valence-electron chi connectivity index (χ4n) is 6.02. The van der Waals surface area contributed by atoms with Gasteiger partial charge in [0.15, 0.2) is 0 Å². The predicted octanol–water partition coefficient (Wildman–Crippen LogP) is 10.8. The number of halogens is 3. The van der Waals surface area contributed by atoms with Crippen LogP contribution in [0.2, 0.25) is 15.3 Å². The summed E-state index contributed by atoms with van der Waals surface area (Å²) in [6.07, 6.45) is 0. The van der Waals surface area contributed by atoms with Crippen molar-refractivity contribution in [1.29, 1.82) is 0 Å². The summed E-state index contributed by atoms with van der Waals surface area (Å²) in [5, 5.41) is 3.58. The maximum absolute atomic E-state index is 14.3. The molecule has 2 aromatic heterocycles. The highest BCUT2D eigenvalue weighted by Gasteiger charge is 2.46. The van der Waals surface area contributed by atoms with E-state index in [0.29, 0.717) is 51.5 Å². The fourth-order valence-corrected chi connectivity index (χ4v) is 6.42. The van der Waals surface area contributed by atoms with Crippen molar-refractivity contribution in [3.63, 3.8) is 0 Å². The van der Waals surface area contributed by atoms with Gasteiger partial charge in [-0.05, 0) is 84.9 Å². The third-order valence-corrected chi connectivity index (χ3v) is 9.54. The Labute approximate surface area is 357 Å². The van der Waals surface area contributed by atoms with E-state index in [0.717, 1.165) is 17.1 Å². The molecular formula is C44H42Cl3N4O8+. The van der Waals surface area contributed by atoms with Crippen LogP contribution in [0.25, 0.3) is 0 Å². The molecule has 12 nitrogen and oxygen atoms in total. The van der Waals surface area contributed by atoms with E-state index in [1.165, 1.54) is 13.8 Å². The highest BCUT2D eigenvalue weighted by molar-refractivity contribution is 6.30. The lowest BCUT2D eigenvalue weighted by Gasteiger charge is -2.35. The quantitative estimate of drug-likeness (QED) is 0.0835. The summed E-state index contributed by atoms with van der Waals surface area (Å²) in [6, 6.07) is 33.2. The Kier molecular flexibility index (Phi) is 15.4. The first kappa shape index (κ1) is 44.1. The number of benzene rings is 4. The molecule has 306 valence electrons. The number of rotatable bonds is 14. The maximum Gasteiger partial charge on any atom is 0.321 e. The number of nitrogens with zero attached hydrogens (tertiary/aromatic N) is 3. The minimum Gasteiger partial charge on any atom is -0.497 e. The van der Waals surface area contributed by atoms with E-state index in [1.807, 2.05) is 36.4 Å². The van der Waals surface area contributed by atoms with Crippen molar-refractivity contribution in [2.45, 2.75) is 26.9 Å². The number of hydrogen-bond donors (Lipinski definition) is 1. The van der Waals surface area contributed by atoms with Gasteiger partial charge in [0.05, 0.1) is 40.9 Å². The van der Waals surface area contributed by atoms with Crippen molar-refractivity contribution < 1.29 is 38.0 Å². The number of aromatic nitrogens is 2. The zero-order chi connectivity index (χ0) is 42.5. The monoisotopic (exact) mass is 859 g/mol. The van der Waals surface area contributed by atoms with Crippen molar-refractivity contribution in [3.05, 3.63) is 142 Å². The fraction of sp³-hybridized carbons (Fsp3) is 0.182. The lowest BCUT2D eigenvalue weighted by atomic mass is 10.1. The number of para-hydroxylation sites is 1. The first-order valence-electron chi connectivity index (χ1n) is 18.0. The molecule has 1 unspecified atom stereocenters. The van der Waals surface area contributed by atoms with E-state index >= 15 is 0 Å². The number of hydrogen-bond acceptors (Lipinski definition) is 10. The summed E-state index contributed by atoms with van der Waals surface area (Å²) < 4.78 is 33.6. The van der Waals surface area contributed by atoms with Gasteiger partial charge in [0, 0.05) is 36.2 Å². The zero-order valence-electron chi connectivity index (χ0n) is 33.1. The van der Waals surface area contributed by atoms with Gasteiger partial charge in [-0.3, -0.25) is 4.79 Å². The summed E-state index contributed by atoms with van der Waals surface area (Å²) in [7, 11) is 6.32. The Morgan fingerprint density at radius 2 is 1.05 bits per heavy atom. The van der Waals surface area contributed by atoms with E-state index in [1.54, 1.807) is 107 Å². The molecule has 6 rings (SSSR count). The van der Waals surface area contributed by atoms with E-state index in [2.05, 4.69) is 15.3 Å². The third-order valence-electron chi connectivity index (χ3n) is 8.87. The number of amides is 2. The van der Waals surface area contributed by atoms with Crippen LogP contribution in [0, 0.1) is 0 Å². The molecule has 4 aromatic carbocycles. The minimum atomic E-state index is -0.511. The molecule has 0 bridgehead atoms. The molecule has 0 aliphatic heterocycles. The number of pyridine rings is 2. The van der Waals surface area contributed by atoms with Crippen LogP contribution in [0.15, 0.2) is 115 Å². The number of carbonyl (C=O) groups excluding carboxylic acids is 2. The normalized spacial score (nSPS) is 11.5. The van der Waals surface area contributed by atoms with Gasteiger partial charge in [-0.2, -0.15) is 14.5 Å². The second-order valence-corrected chi connectivity index (χ2v) is 13.9. The van der Waals surface area contributed by atoms with Crippen LogP contribution in [-0.2, 0) is 22.7 Å². The Hall–Kier alpha value is -6.05. The van der Waals surface area contributed by atoms with Crippen LogP contribution in [0.4, 0.5) is 11.4 Å². The number of ether oxygens (including phenoxy) is 6. The number of nitrogens with one attached hydrogen (secondary N) is 1. The van der Waals surface area contributed by atoms with Crippen molar-refractivity contribution >= 4 is 58.0 Å². The largest absolute Gasteiger partial charge is 0.497 e. The summed E-state index contributed by atoms with van der Waals surface area (Å²) in [6.45, 7) is 3.40. The molecule has 0 saturated heterocycles. The van der Waals surface area contributed by atoms with Gasteiger partial charge < -0.3 is 33.7 Å². The first-order valence-corrected chi connectivity index (χ1v) is 19.1. The van der Waals surface area contributed by atoms with Crippen LogP contribution in [0.5, 0.6) is 46.3 Å². The summed E-state index contributed by atoms with van der Waals surface area (Å²) in [5.74, 6) is 3.32. The van der Waals surface area contributed by atoms with Gasteiger partial charge in [-0.1, -0.05) is 53.0 Å². The van der Waals surface area contributed by atoms with Gasteiger partial charge in [-0.15, -0.1) is 0 Å². The van der Waals surface area contributed by atoms with Crippen LogP contribution < -0.4 is 38.2 Å². The van der Waals surface area contributed by atoms with Crippen molar-refractivity contribution in [2.75, 3.05) is 28.4 Å². The SMILES string of the molecule is COc1ccc(OC)c(CNC(C)=O)c1.COc1ccc(OC)c(C[N+](C(C)=O)(c2ccc(Cl)nc2Oc2ccccc2)c2ccc(Cl)nc2Oc2ccc(Cl)cc2)c1. The average molecular weight is 861 g/mol. The van der Waals surface area contributed by atoms with Gasteiger partial charge in [0.1, 0.15) is 51.3 Å². The van der Waals surface area contributed by atoms with E-state index in [-0.39, 0.29) is 40.4 Å². The molecule has 0 spiro atoms. The van der Waals surface area contributed by atoms with E-state index in [4.69, 9.17) is 63.2 Å². The molecule has 2 heterocycles. The number of carbonyl (C=O) groups is 2. The van der Waals surface area contributed by atoms with Crippen molar-refractivity contribution in [1.82, 2.24) is 19.8 Å². The summed E-state index contributed by atoms with van der Waals surface area (Å²) >= 11 is 18.9. The molecule has 6 aromatic rings. The zero-order valence-corrected chi connectivity index (χ0v) is 35.4. The van der Waals surface area contributed by atoms with Gasteiger partial charge in [0.2, 0.25) is 17.3 Å². The number of methoxy groups -OCH3 is 4. The number of quaternary nitrogens is 1. The molecule has 2 amide bonds. The summed E-state index contributed by atoms with van der Waals surface area (Å²) in [5.41, 5.74) is 2.26. The first-order chi connectivity index (χ1) is 28.4. The second kappa shape index (κ2) is 20.6. The molecule has 15 heteroatoms. The topological polar surface area (TPSA) is 127 Å². The molecule has 0 aliphatic carbocycles. The van der Waals surface area contributed by atoms with Crippen molar-refractivity contribution in [3.8, 4) is 46.3 Å². The third kappa shape index (κ3) is 11.1. The lowest BCUT2D eigenvalue weighted by Crippen LogP contribution is -2.48. The second-order valence-electron chi connectivity index (χ2n) is 12.6. The highest BCUT2D eigenvalue weighted by atomic mass is 35.5. The average Bonchev–Trinajstić information content (AvgIpc) is 3.23. The van der Waals surface area contributed by atoms with E-state index in [9.17, 15) is 9.59 Å². The smallest absolute Gasteiger partial charge is 0.321 e. The standard InChI is InChI=1S/C33H27Cl3N3O5.C11H15NO3/c1-21(40)39(20-22-19-26(41-2)13-16-29(22)42-3,27-14-17-30(35)37-32(27)43-24-7-5-4-6-8-24)28-15-18-31(36)38-33(28)44-25-11-9-23(34)10-12-25;1-8(13)12-7-9-6-10(14-2)4-5-11(9)15-3/h4-19H,20H2,1-3H3;4-6H,7H2,1-3H3,(H,12,13)/q+1;. The summed E-state index contributed by atoms with van der Waals surface area (Å²) in [4.78, 5) is 34.1. The molecule has 1 N–H and O–H groups in total. The molecular weight excluding hydrogens is 819 g/mol. The van der Waals surface area contributed by atoms with Gasteiger partial charge in [0.25, 0.3) is 11.8 Å². The predicted molar refractivity (Wildman–Crippen MR) is 229 cm³/mol.